The Kier molecular flexibility index (Phi) is 65.2. The molecule has 0 aliphatic rings. The maximum atomic E-state index is 12.9. The number of allylic oxidation sites excluding steroid dienone is 18. The molecule has 0 fully saturated rings. The molecular weight excluding hydrogens is 997 g/mol. The molecule has 6 heteroatoms. The lowest BCUT2D eigenvalue weighted by molar-refractivity contribution is -0.166. The number of unbranched alkanes of at least 4 members (excludes halogenated alkanes) is 33. The van der Waals surface area contributed by atoms with E-state index in [1.165, 1.54) is 193 Å². The van der Waals surface area contributed by atoms with E-state index < -0.39 is 6.10 Å². The summed E-state index contributed by atoms with van der Waals surface area (Å²) in [6.45, 7) is 6.33. The van der Waals surface area contributed by atoms with Gasteiger partial charge in [0.05, 0.1) is 0 Å². The van der Waals surface area contributed by atoms with Gasteiger partial charge in [0.2, 0.25) is 0 Å². The summed E-state index contributed by atoms with van der Waals surface area (Å²) in [6, 6.07) is 0. The van der Waals surface area contributed by atoms with E-state index >= 15 is 0 Å². The van der Waals surface area contributed by atoms with Crippen molar-refractivity contribution in [3.63, 3.8) is 0 Å². The summed E-state index contributed by atoms with van der Waals surface area (Å²) in [7, 11) is 0. The van der Waals surface area contributed by atoms with Crippen LogP contribution in [-0.4, -0.2) is 37.2 Å². The van der Waals surface area contributed by atoms with Gasteiger partial charge in [-0.15, -0.1) is 0 Å². The molecule has 0 spiro atoms. The van der Waals surface area contributed by atoms with Crippen molar-refractivity contribution in [2.24, 2.45) is 0 Å². The predicted molar refractivity (Wildman–Crippen MR) is 353 cm³/mol. The Morgan fingerprint density at radius 2 is 0.506 bits per heavy atom. The Morgan fingerprint density at radius 1 is 0.259 bits per heavy atom. The number of carbonyl (C=O) groups is 3. The second-order valence-electron chi connectivity index (χ2n) is 22.7. The van der Waals surface area contributed by atoms with Crippen LogP contribution in [0.2, 0.25) is 0 Å². The van der Waals surface area contributed by atoms with Crippen LogP contribution in [0.5, 0.6) is 0 Å². The molecule has 464 valence electrons. The molecule has 0 radical (unpaired) electrons. The Labute approximate surface area is 501 Å². The minimum Gasteiger partial charge on any atom is -0.462 e. The number of hydrogen-bond acceptors (Lipinski definition) is 6. The highest BCUT2D eigenvalue weighted by Crippen LogP contribution is 2.18. The lowest BCUT2D eigenvalue weighted by atomic mass is 10.0. The molecule has 6 nitrogen and oxygen atoms in total. The number of hydrogen-bond donors (Lipinski definition) is 0. The summed E-state index contributed by atoms with van der Waals surface area (Å²) in [5.41, 5.74) is 0. The van der Waals surface area contributed by atoms with Crippen molar-refractivity contribution in [2.75, 3.05) is 13.2 Å². The molecule has 1 unspecified atom stereocenters. The first-order valence-electron chi connectivity index (χ1n) is 34.4. The molecule has 0 heterocycles. The van der Waals surface area contributed by atoms with E-state index in [0.29, 0.717) is 19.3 Å². The van der Waals surface area contributed by atoms with Crippen molar-refractivity contribution >= 4 is 17.9 Å². The quantitative estimate of drug-likeness (QED) is 0.0261. The fourth-order valence-electron chi connectivity index (χ4n) is 9.73. The van der Waals surface area contributed by atoms with Crippen LogP contribution in [0, 0.1) is 0 Å². The smallest absolute Gasteiger partial charge is 0.306 e. The van der Waals surface area contributed by atoms with Gasteiger partial charge in [0.25, 0.3) is 0 Å². The molecule has 0 saturated heterocycles. The highest BCUT2D eigenvalue weighted by Gasteiger charge is 2.19. The number of ether oxygens (including phenoxy) is 3. The number of rotatable bonds is 62. The van der Waals surface area contributed by atoms with Gasteiger partial charge >= 0.3 is 17.9 Å². The lowest BCUT2D eigenvalue weighted by Gasteiger charge is -2.18. The first-order valence-corrected chi connectivity index (χ1v) is 34.4. The van der Waals surface area contributed by atoms with Crippen molar-refractivity contribution in [1.29, 1.82) is 0 Å². The summed E-state index contributed by atoms with van der Waals surface area (Å²) < 4.78 is 16.8. The van der Waals surface area contributed by atoms with Crippen LogP contribution < -0.4 is 0 Å². The number of esters is 3. The molecular formula is C75H128O6. The Balaban J connectivity index is 4.21. The molecule has 0 aliphatic heterocycles. The molecule has 0 aromatic carbocycles. The third-order valence-corrected chi connectivity index (χ3v) is 14.8. The van der Waals surface area contributed by atoms with Crippen LogP contribution in [0.3, 0.4) is 0 Å². The Morgan fingerprint density at radius 3 is 0.815 bits per heavy atom. The Hall–Kier alpha value is -3.93. The van der Waals surface area contributed by atoms with E-state index in [-0.39, 0.29) is 44.0 Å². The van der Waals surface area contributed by atoms with E-state index in [4.69, 9.17) is 14.2 Å². The molecule has 81 heavy (non-hydrogen) atoms. The fraction of sp³-hybridized carbons (Fsp3) is 0.720. The average Bonchev–Trinajstić information content (AvgIpc) is 3.46. The van der Waals surface area contributed by atoms with Crippen LogP contribution in [0.4, 0.5) is 0 Å². The van der Waals surface area contributed by atoms with Crippen molar-refractivity contribution in [1.82, 2.24) is 0 Å². The van der Waals surface area contributed by atoms with Crippen molar-refractivity contribution in [2.45, 2.75) is 335 Å². The maximum Gasteiger partial charge on any atom is 0.306 e. The van der Waals surface area contributed by atoms with Gasteiger partial charge in [0.15, 0.2) is 6.10 Å². The first kappa shape index (κ1) is 77.1. The van der Waals surface area contributed by atoms with Gasteiger partial charge in [-0.1, -0.05) is 336 Å². The van der Waals surface area contributed by atoms with Crippen molar-refractivity contribution < 1.29 is 28.6 Å². The normalized spacial score (nSPS) is 12.8. The summed E-state index contributed by atoms with van der Waals surface area (Å²) >= 11 is 0. The zero-order valence-electron chi connectivity index (χ0n) is 53.3. The molecule has 0 N–H and O–H groups in total. The third-order valence-electron chi connectivity index (χ3n) is 14.8. The van der Waals surface area contributed by atoms with Gasteiger partial charge in [-0.3, -0.25) is 14.4 Å². The summed E-state index contributed by atoms with van der Waals surface area (Å²) in [6.07, 6.45) is 94.6. The predicted octanol–water partition coefficient (Wildman–Crippen LogP) is 23.8. The molecule has 0 aromatic heterocycles. The van der Waals surface area contributed by atoms with Gasteiger partial charge < -0.3 is 14.2 Å². The van der Waals surface area contributed by atoms with Crippen LogP contribution in [0.25, 0.3) is 0 Å². The fourth-order valence-corrected chi connectivity index (χ4v) is 9.73. The third kappa shape index (κ3) is 66.8. The standard InChI is InChI=1S/C75H128O6/c1-4-7-10-13-16-19-22-25-27-29-30-31-32-33-34-35-36-37-38-39-40-41-42-43-44-46-47-50-53-56-59-62-65-68-74(77)80-71-72(70-79-73(76)67-64-61-58-55-52-49-24-21-18-15-12-9-6-3)81-75(78)69-66-63-60-57-54-51-48-45-28-26-23-20-17-14-11-8-5-2/h8-9,11-12,17-18,20-21,26,28,48-49,51-52,57-58,60-61,72H,4-7,10,13-16,19,22-25,27,29-47,50,53-56,59,62-71H2,1-3H3/b11-8-,12-9-,20-17-,21-18-,28-26-,51-48-,52-49-,60-57-,61-58-. The van der Waals surface area contributed by atoms with Crippen LogP contribution in [0.1, 0.15) is 329 Å². The van der Waals surface area contributed by atoms with Gasteiger partial charge in [0.1, 0.15) is 13.2 Å². The average molecular weight is 1130 g/mol. The SMILES string of the molecule is CC/C=C\C/C=C\C/C=C\C/C=C\C/C=C\CCCC(=O)OC(COC(=O)CC/C=C\C/C=C\C/C=C\C/C=C\CC)COC(=O)CCCCCCCCCCCCCCCCCCCCCCCCCCCCCCCCCCC. The lowest BCUT2D eigenvalue weighted by Crippen LogP contribution is -2.30. The molecule has 0 rings (SSSR count). The van der Waals surface area contributed by atoms with E-state index in [9.17, 15) is 14.4 Å². The molecule has 1 atom stereocenters. The van der Waals surface area contributed by atoms with Gasteiger partial charge in [0, 0.05) is 19.3 Å². The second kappa shape index (κ2) is 68.6. The van der Waals surface area contributed by atoms with Crippen molar-refractivity contribution in [3.05, 3.63) is 109 Å². The van der Waals surface area contributed by atoms with Gasteiger partial charge in [-0.2, -0.15) is 0 Å². The Bertz CT molecular complexity index is 1620. The zero-order valence-corrected chi connectivity index (χ0v) is 53.3. The van der Waals surface area contributed by atoms with Crippen LogP contribution in [-0.2, 0) is 28.6 Å². The molecule has 0 aliphatic carbocycles. The summed E-state index contributed by atoms with van der Waals surface area (Å²) in [5.74, 6) is -1.06. The molecule has 0 aromatic rings. The van der Waals surface area contributed by atoms with Gasteiger partial charge in [-0.05, 0) is 83.5 Å². The zero-order chi connectivity index (χ0) is 58.5. The van der Waals surface area contributed by atoms with Crippen LogP contribution in [0.15, 0.2) is 109 Å². The second-order valence-corrected chi connectivity index (χ2v) is 22.7. The van der Waals surface area contributed by atoms with Gasteiger partial charge in [-0.25, -0.2) is 0 Å². The van der Waals surface area contributed by atoms with E-state index in [2.05, 4.69) is 118 Å². The van der Waals surface area contributed by atoms with Crippen LogP contribution >= 0.6 is 0 Å². The molecule has 0 amide bonds. The monoisotopic (exact) mass is 1120 g/mol. The maximum absolute atomic E-state index is 12.9. The molecule has 0 bridgehead atoms. The highest BCUT2D eigenvalue weighted by atomic mass is 16.6. The molecule has 0 saturated carbocycles. The topological polar surface area (TPSA) is 78.9 Å². The number of carbonyl (C=O) groups excluding carboxylic acids is 3. The minimum absolute atomic E-state index is 0.122. The van der Waals surface area contributed by atoms with Crippen molar-refractivity contribution in [3.8, 4) is 0 Å². The van der Waals surface area contributed by atoms with E-state index in [1.54, 1.807) is 0 Å². The summed E-state index contributed by atoms with van der Waals surface area (Å²) in [4.78, 5) is 38.2. The minimum atomic E-state index is -0.838. The highest BCUT2D eigenvalue weighted by molar-refractivity contribution is 5.71. The van der Waals surface area contributed by atoms with E-state index in [0.717, 1.165) is 83.5 Å². The largest absolute Gasteiger partial charge is 0.462 e. The summed E-state index contributed by atoms with van der Waals surface area (Å²) in [5, 5.41) is 0. The first-order chi connectivity index (χ1) is 40.0. The van der Waals surface area contributed by atoms with E-state index in [1.807, 2.05) is 12.2 Å².